The molecule has 0 fully saturated rings. The Morgan fingerprint density at radius 2 is 1.92 bits per heavy atom. The number of rotatable bonds is 1. The molecule has 0 aliphatic heterocycles. The van der Waals surface area contributed by atoms with Gasteiger partial charge in [0.2, 0.25) is 0 Å². The molecule has 0 aromatic rings. The Bertz CT molecular complexity index is 88.7. The maximum Gasteiger partial charge on any atom is 4.00 e. The van der Waals surface area contributed by atoms with Gasteiger partial charge in [-0.25, -0.2) is 12.2 Å². The van der Waals surface area contributed by atoms with Crippen LogP contribution >= 0.6 is 0 Å². The zero-order valence-electron chi connectivity index (χ0n) is 7.32. The summed E-state index contributed by atoms with van der Waals surface area (Å²) < 4.78 is 0. The fraction of sp³-hybridized carbons (Fsp3) is 0.444. The first-order chi connectivity index (χ1) is 4.41. The van der Waals surface area contributed by atoms with Crippen molar-refractivity contribution < 1.29 is 51.0 Å². The van der Waals surface area contributed by atoms with Crippen LogP contribution in [0.5, 0.6) is 0 Å². The number of allylic oxidation sites excluding steroid dienone is 4. The summed E-state index contributed by atoms with van der Waals surface area (Å²) in [7, 11) is 0. The zero-order chi connectivity index (χ0) is 6.95. The van der Waals surface area contributed by atoms with Crippen LogP contribution in [-0.2, 0) is 26.2 Å². The first-order valence-corrected chi connectivity index (χ1v) is 3.42. The van der Waals surface area contributed by atoms with E-state index in [1.807, 2.05) is 12.2 Å². The van der Waals surface area contributed by atoms with Gasteiger partial charge >= 0.3 is 26.2 Å². The third-order valence-electron chi connectivity index (χ3n) is 0.939. The van der Waals surface area contributed by atoms with Crippen LogP contribution in [-0.4, -0.2) is 0 Å². The Balaban J connectivity index is -0.0000000436. The van der Waals surface area contributed by atoms with Gasteiger partial charge in [-0.1, -0.05) is 13.3 Å². The maximum absolute atomic E-state index is 3.60. The van der Waals surface area contributed by atoms with Gasteiger partial charge in [0.15, 0.2) is 0 Å². The number of unbranched alkanes of at least 4 members (excludes halogenated alkanes) is 1. The van der Waals surface area contributed by atoms with Crippen molar-refractivity contribution in [3.05, 3.63) is 31.2 Å². The summed E-state index contributed by atoms with van der Waals surface area (Å²) in [6, 6.07) is 0. The summed E-state index contributed by atoms with van der Waals surface area (Å²) in [5, 5.41) is 0. The van der Waals surface area contributed by atoms with Gasteiger partial charge in [0.1, 0.15) is 0 Å². The molecule has 0 unspecified atom stereocenters. The van der Waals surface area contributed by atoms with E-state index < -0.39 is 0 Å². The van der Waals surface area contributed by atoms with E-state index in [2.05, 4.69) is 26.0 Å². The van der Waals surface area contributed by atoms with Crippen LogP contribution in [0.1, 0.15) is 26.2 Å². The molecule has 0 saturated heterocycles. The minimum Gasteiger partial charge on any atom is -1.00 e. The van der Waals surface area contributed by atoms with Crippen LogP contribution in [0.3, 0.4) is 0 Å². The topological polar surface area (TPSA) is 0 Å². The van der Waals surface area contributed by atoms with E-state index in [1.165, 1.54) is 6.42 Å². The molecule has 3 heteroatoms. The molecule has 1 aliphatic rings. The van der Waals surface area contributed by atoms with Crippen molar-refractivity contribution in [3.8, 4) is 0 Å². The number of halogens is 2. The fourth-order valence-corrected chi connectivity index (χ4v) is 0.340. The normalized spacial score (nSPS) is 9.83. The molecule has 0 radical (unpaired) electrons. The van der Waals surface area contributed by atoms with Gasteiger partial charge in [0, 0.05) is 0 Å². The van der Waals surface area contributed by atoms with E-state index in [-0.39, 0.29) is 51.0 Å². The van der Waals surface area contributed by atoms with Gasteiger partial charge in [-0.15, -0.1) is 6.42 Å². The second-order valence-electron chi connectivity index (χ2n) is 1.86. The van der Waals surface area contributed by atoms with Gasteiger partial charge in [-0.3, -0.25) is 6.08 Å². The van der Waals surface area contributed by atoms with E-state index in [9.17, 15) is 0 Å². The average molecular weight is 284 g/mol. The largest absolute Gasteiger partial charge is 4.00 e. The molecule has 0 amide bonds. The molecule has 1 rings (SSSR count). The standard InChI is InChI=1S/C5H5.C4H9.2ClH.Zr/c1-2-4-5-3-1;1-3-4-2;;;/h1-3H,4H2;1,3-4H2,2H3;2*1H;/q2*-1;;;+4/p-2. The zero-order valence-corrected chi connectivity index (χ0v) is 11.3. The smallest absolute Gasteiger partial charge is 1.00 e. The first kappa shape index (κ1) is 23.1. The molecule has 1 aliphatic carbocycles. The monoisotopic (exact) mass is 282 g/mol. The second kappa shape index (κ2) is 22.7. The SMILES string of the molecule is [C-]1=CC=CC1.[CH2-]CCC.[Cl-].[Cl-].[Zr+4]. The summed E-state index contributed by atoms with van der Waals surface area (Å²) in [5.74, 6) is 0. The second-order valence-corrected chi connectivity index (χ2v) is 1.86. The Morgan fingerprint density at radius 3 is 2.00 bits per heavy atom. The van der Waals surface area contributed by atoms with Crippen LogP contribution in [0.2, 0.25) is 0 Å². The van der Waals surface area contributed by atoms with Gasteiger partial charge in [0.25, 0.3) is 0 Å². The number of hydrogen-bond donors (Lipinski definition) is 0. The third-order valence-corrected chi connectivity index (χ3v) is 0.939. The fourth-order valence-electron chi connectivity index (χ4n) is 0.340. The Morgan fingerprint density at radius 1 is 1.42 bits per heavy atom. The van der Waals surface area contributed by atoms with Crippen molar-refractivity contribution in [2.45, 2.75) is 26.2 Å². The van der Waals surface area contributed by atoms with Crippen molar-refractivity contribution in [2.24, 2.45) is 0 Å². The minimum absolute atomic E-state index is 0. The molecule has 0 N–H and O–H groups in total. The molecule has 12 heavy (non-hydrogen) atoms. The first-order valence-electron chi connectivity index (χ1n) is 3.42. The summed E-state index contributed by atoms with van der Waals surface area (Å²) in [4.78, 5) is 0. The van der Waals surface area contributed by atoms with Crippen LogP contribution < -0.4 is 24.8 Å². The van der Waals surface area contributed by atoms with Crippen LogP contribution in [0.25, 0.3) is 0 Å². The summed E-state index contributed by atoms with van der Waals surface area (Å²) in [6.45, 7) is 5.72. The average Bonchev–Trinajstić information content (AvgIpc) is 2.43. The van der Waals surface area contributed by atoms with E-state index in [0.717, 1.165) is 12.8 Å². The van der Waals surface area contributed by atoms with Gasteiger partial charge < -0.3 is 31.7 Å². The van der Waals surface area contributed by atoms with E-state index >= 15 is 0 Å². The van der Waals surface area contributed by atoms with E-state index in [4.69, 9.17) is 0 Å². The van der Waals surface area contributed by atoms with Crippen molar-refractivity contribution in [1.29, 1.82) is 0 Å². The molecule has 68 valence electrons. The molecule has 0 spiro atoms. The van der Waals surface area contributed by atoms with E-state index in [0.29, 0.717) is 0 Å². The molecule has 0 bridgehead atoms. The molecule has 0 nitrogen and oxygen atoms in total. The Labute approximate surface area is 108 Å². The Kier molecular flexibility index (Phi) is 43.6. The predicted octanol–water partition coefficient (Wildman–Crippen LogP) is -3.07. The van der Waals surface area contributed by atoms with Crippen molar-refractivity contribution in [2.75, 3.05) is 0 Å². The van der Waals surface area contributed by atoms with Crippen LogP contribution in [0.4, 0.5) is 0 Å². The molecule has 0 aromatic carbocycles. The summed E-state index contributed by atoms with van der Waals surface area (Å²) in [5.41, 5.74) is 0. The maximum atomic E-state index is 3.60. The van der Waals surface area contributed by atoms with E-state index in [1.54, 1.807) is 0 Å². The van der Waals surface area contributed by atoms with Crippen molar-refractivity contribution in [1.82, 2.24) is 0 Å². The quantitative estimate of drug-likeness (QED) is 0.449. The van der Waals surface area contributed by atoms with Crippen LogP contribution in [0.15, 0.2) is 18.2 Å². The van der Waals surface area contributed by atoms with Crippen LogP contribution in [0, 0.1) is 13.0 Å². The predicted molar refractivity (Wildman–Crippen MR) is 41.8 cm³/mol. The van der Waals surface area contributed by atoms with Gasteiger partial charge in [0.05, 0.1) is 0 Å². The van der Waals surface area contributed by atoms with Gasteiger partial charge in [-0.05, 0) is 0 Å². The summed E-state index contributed by atoms with van der Waals surface area (Å²) >= 11 is 0. The number of hydrogen-bond acceptors (Lipinski definition) is 0. The minimum atomic E-state index is 0. The summed E-state index contributed by atoms with van der Waals surface area (Å²) in [6.07, 6.45) is 12.3. The molecule has 0 aromatic heterocycles. The molecular formula is C9H14Cl2Zr. The molecule has 0 atom stereocenters. The van der Waals surface area contributed by atoms with Crippen molar-refractivity contribution >= 4 is 0 Å². The molecular weight excluding hydrogens is 270 g/mol. The molecule has 0 saturated carbocycles. The Hall–Kier alpha value is 0.943. The molecule has 0 heterocycles. The van der Waals surface area contributed by atoms with Crippen molar-refractivity contribution in [3.63, 3.8) is 0 Å². The third kappa shape index (κ3) is 22.4. The van der Waals surface area contributed by atoms with Gasteiger partial charge in [-0.2, -0.15) is 12.5 Å².